The van der Waals surface area contributed by atoms with Crippen LogP contribution in [0, 0.1) is 0 Å². The minimum absolute atomic E-state index is 0.0167. The van der Waals surface area contributed by atoms with Crippen LogP contribution in [0.5, 0.6) is 0 Å². The first-order chi connectivity index (χ1) is 24.3. The number of ether oxygens (including phenoxy) is 1. The molecule has 0 aliphatic heterocycles. The maximum Gasteiger partial charge on any atom is 0.408 e. The van der Waals surface area contributed by atoms with E-state index in [-0.39, 0.29) is 25.9 Å². The normalized spacial score (nSPS) is 12.9. The molecule has 6 aromatic rings. The fourth-order valence-electron chi connectivity index (χ4n) is 5.98. The number of hydrogen-bond acceptors (Lipinski definition) is 5. The lowest BCUT2D eigenvalue weighted by Gasteiger charge is -2.25. The quantitative estimate of drug-likeness (QED) is 0.101. The zero-order valence-electron chi connectivity index (χ0n) is 27.2. The monoisotopic (exact) mass is 670 g/mol. The predicted molar refractivity (Wildman–Crippen MR) is 191 cm³/mol. The van der Waals surface area contributed by atoms with Crippen LogP contribution < -0.4 is 21.7 Å². The van der Waals surface area contributed by atoms with Crippen LogP contribution in [0.1, 0.15) is 22.3 Å². The molecule has 4 amide bonds. The third-order valence-electron chi connectivity index (χ3n) is 8.59. The molecule has 0 aliphatic rings. The minimum Gasteiger partial charge on any atom is -0.445 e. The Labute approximate surface area is 288 Å². The Morgan fingerprint density at radius 1 is 0.560 bits per heavy atom. The van der Waals surface area contributed by atoms with Gasteiger partial charge in [-0.2, -0.15) is 0 Å². The van der Waals surface area contributed by atoms with Gasteiger partial charge in [-0.05, 0) is 34.4 Å². The molecule has 6 rings (SSSR count). The molecule has 0 aliphatic carbocycles. The van der Waals surface area contributed by atoms with Gasteiger partial charge in [-0.15, -0.1) is 0 Å². The number of H-pyrrole nitrogens is 2. The van der Waals surface area contributed by atoms with E-state index in [0.717, 1.165) is 44.1 Å². The number of amides is 4. The molecule has 0 spiro atoms. The third kappa shape index (κ3) is 8.37. The van der Waals surface area contributed by atoms with Crippen molar-refractivity contribution in [3.8, 4) is 0 Å². The number of hydrogen-bond donors (Lipinski definition) is 6. The molecule has 254 valence electrons. The van der Waals surface area contributed by atoms with Gasteiger partial charge in [0.05, 0.1) is 0 Å². The van der Waals surface area contributed by atoms with Gasteiger partial charge < -0.3 is 36.4 Å². The number of alkyl carbamates (subject to hydrolysis) is 1. The van der Waals surface area contributed by atoms with Gasteiger partial charge in [0.1, 0.15) is 24.7 Å². The fourth-order valence-corrected chi connectivity index (χ4v) is 5.98. The Morgan fingerprint density at radius 2 is 1.02 bits per heavy atom. The van der Waals surface area contributed by atoms with E-state index in [2.05, 4.69) is 25.9 Å². The zero-order chi connectivity index (χ0) is 34.9. The lowest BCUT2D eigenvalue weighted by Crippen LogP contribution is -2.57. The SMILES string of the molecule is NC(=O)[C@@H](Cc1c[nH]c2ccccc12)NC(=O)[C@@H](Cc1c[nH]c2ccccc12)NC(=O)[C@H](Cc1ccccc1)NC(=O)OCc1ccccc1. The molecule has 50 heavy (non-hydrogen) atoms. The number of carbonyl (C=O) groups is 4. The molecular formula is C39H38N6O5. The lowest BCUT2D eigenvalue weighted by atomic mass is 10.0. The summed E-state index contributed by atoms with van der Waals surface area (Å²) in [4.78, 5) is 60.1. The summed E-state index contributed by atoms with van der Waals surface area (Å²) in [5.74, 6) is -1.92. The highest BCUT2D eigenvalue weighted by atomic mass is 16.5. The van der Waals surface area contributed by atoms with E-state index in [1.807, 2.05) is 109 Å². The number of nitrogens with one attached hydrogen (secondary N) is 5. The lowest BCUT2D eigenvalue weighted by molar-refractivity contribution is -0.131. The number of aromatic amines is 2. The highest BCUT2D eigenvalue weighted by molar-refractivity contribution is 5.95. The summed E-state index contributed by atoms with van der Waals surface area (Å²) in [6.45, 7) is 0.0167. The van der Waals surface area contributed by atoms with Crippen LogP contribution in [0.2, 0.25) is 0 Å². The van der Waals surface area contributed by atoms with Crippen LogP contribution >= 0.6 is 0 Å². The first-order valence-corrected chi connectivity index (χ1v) is 16.3. The van der Waals surface area contributed by atoms with Gasteiger partial charge in [0.2, 0.25) is 17.7 Å². The summed E-state index contributed by atoms with van der Waals surface area (Å²) >= 11 is 0. The third-order valence-corrected chi connectivity index (χ3v) is 8.59. The Hall–Kier alpha value is -6.36. The number of carbonyl (C=O) groups excluding carboxylic acids is 4. The van der Waals surface area contributed by atoms with Gasteiger partial charge in [0, 0.05) is 53.5 Å². The number of primary amides is 1. The Bertz CT molecular complexity index is 2090. The average Bonchev–Trinajstić information content (AvgIpc) is 3.74. The van der Waals surface area contributed by atoms with Crippen molar-refractivity contribution < 1.29 is 23.9 Å². The largest absolute Gasteiger partial charge is 0.445 e. The molecule has 2 heterocycles. The van der Waals surface area contributed by atoms with Crippen LogP contribution in [0.25, 0.3) is 21.8 Å². The van der Waals surface area contributed by atoms with Gasteiger partial charge in [0.15, 0.2) is 0 Å². The van der Waals surface area contributed by atoms with Gasteiger partial charge in [0.25, 0.3) is 0 Å². The standard InChI is InChI=1S/C39H38N6O5/c40-36(46)33(20-27-22-41-31-17-9-7-15-29(27)31)43-38(48)35(21-28-23-42-32-18-10-8-16-30(28)32)44-37(47)34(19-25-11-3-1-4-12-25)45-39(49)50-24-26-13-5-2-6-14-26/h1-18,22-23,33-35,41-42H,19-21,24H2,(H2,40,46)(H,43,48)(H,44,47)(H,45,49)/t33-,34+,35-/m1/s1. The summed E-state index contributed by atoms with van der Waals surface area (Å²) in [5.41, 5.74) is 10.7. The van der Waals surface area contributed by atoms with Crippen molar-refractivity contribution >= 4 is 45.6 Å². The van der Waals surface area contributed by atoms with Crippen molar-refractivity contribution in [3.63, 3.8) is 0 Å². The highest BCUT2D eigenvalue weighted by Crippen LogP contribution is 2.21. The Balaban J connectivity index is 1.23. The average molecular weight is 671 g/mol. The summed E-state index contributed by atoms with van der Waals surface area (Å²) in [6.07, 6.45) is 3.17. The van der Waals surface area contributed by atoms with E-state index in [9.17, 15) is 19.2 Å². The van der Waals surface area contributed by atoms with Crippen LogP contribution in [0.15, 0.2) is 122 Å². The molecule has 11 nitrogen and oxygen atoms in total. The van der Waals surface area contributed by atoms with Crippen LogP contribution in [-0.4, -0.2) is 51.9 Å². The number of nitrogens with two attached hydrogens (primary N) is 1. The van der Waals surface area contributed by atoms with E-state index in [0.29, 0.717) is 0 Å². The maximum atomic E-state index is 14.0. The van der Waals surface area contributed by atoms with Crippen LogP contribution in [0.4, 0.5) is 4.79 Å². The number of fused-ring (bicyclic) bond motifs is 2. The van der Waals surface area contributed by atoms with Gasteiger partial charge >= 0.3 is 6.09 Å². The summed E-state index contributed by atoms with van der Waals surface area (Å²) in [7, 11) is 0. The molecule has 3 atom stereocenters. The van der Waals surface area contributed by atoms with Gasteiger partial charge in [-0.25, -0.2) is 4.79 Å². The topological polar surface area (TPSA) is 171 Å². The molecule has 2 aromatic heterocycles. The predicted octanol–water partition coefficient (Wildman–Crippen LogP) is 4.43. The molecule has 0 bridgehead atoms. The second-order valence-corrected chi connectivity index (χ2v) is 12.1. The molecule has 0 fully saturated rings. The highest BCUT2D eigenvalue weighted by Gasteiger charge is 2.31. The number of rotatable bonds is 14. The summed E-state index contributed by atoms with van der Waals surface area (Å²) in [5, 5.41) is 10.1. The van der Waals surface area contributed by atoms with Crippen molar-refractivity contribution in [3.05, 3.63) is 144 Å². The van der Waals surface area contributed by atoms with Crippen molar-refractivity contribution in [1.29, 1.82) is 0 Å². The smallest absolute Gasteiger partial charge is 0.408 e. The molecule has 0 unspecified atom stereocenters. The van der Waals surface area contributed by atoms with E-state index >= 15 is 0 Å². The van der Waals surface area contributed by atoms with E-state index in [1.54, 1.807) is 12.4 Å². The number of para-hydroxylation sites is 2. The van der Waals surface area contributed by atoms with Crippen molar-refractivity contribution in [2.24, 2.45) is 5.73 Å². The van der Waals surface area contributed by atoms with Crippen molar-refractivity contribution in [2.75, 3.05) is 0 Å². The Kier molecular flexibility index (Phi) is 10.5. The molecule has 4 aromatic carbocycles. The zero-order valence-corrected chi connectivity index (χ0v) is 27.2. The van der Waals surface area contributed by atoms with Gasteiger partial charge in [-0.1, -0.05) is 97.1 Å². The minimum atomic E-state index is -1.13. The molecular weight excluding hydrogens is 632 g/mol. The molecule has 0 saturated carbocycles. The second kappa shape index (κ2) is 15.7. The Morgan fingerprint density at radius 3 is 1.58 bits per heavy atom. The van der Waals surface area contributed by atoms with E-state index in [1.165, 1.54) is 0 Å². The molecule has 0 saturated heterocycles. The second-order valence-electron chi connectivity index (χ2n) is 12.1. The summed E-state index contributed by atoms with van der Waals surface area (Å²) < 4.78 is 5.42. The van der Waals surface area contributed by atoms with E-state index < -0.39 is 41.9 Å². The molecule has 11 heteroatoms. The van der Waals surface area contributed by atoms with Gasteiger partial charge in [-0.3, -0.25) is 14.4 Å². The fraction of sp³-hybridized carbons (Fsp3) is 0.179. The number of aromatic nitrogens is 2. The molecule has 7 N–H and O–H groups in total. The first kappa shape index (κ1) is 33.5. The van der Waals surface area contributed by atoms with E-state index in [4.69, 9.17) is 10.5 Å². The summed E-state index contributed by atoms with van der Waals surface area (Å²) in [6, 6.07) is 30.4. The number of benzene rings is 4. The van der Waals surface area contributed by atoms with Crippen molar-refractivity contribution in [1.82, 2.24) is 25.9 Å². The van der Waals surface area contributed by atoms with Crippen molar-refractivity contribution in [2.45, 2.75) is 44.0 Å². The maximum absolute atomic E-state index is 14.0. The first-order valence-electron chi connectivity index (χ1n) is 16.3. The molecule has 0 radical (unpaired) electrons. The van der Waals surface area contributed by atoms with Crippen LogP contribution in [-0.2, 0) is 45.0 Å². The van der Waals surface area contributed by atoms with Crippen LogP contribution in [0.3, 0.4) is 0 Å².